The summed E-state index contributed by atoms with van der Waals surface area (Å²) in [6.45, 7) is 0. The van der Waals surface area contributed by atoms with Crippen molar-refractivity contribution < 1.29 is 9.47 Å². The van der Waals surface area contributed by atoms with Crippen molar-refractivity contribution in [3.63, 3.8) is 0 Å². The van der Waals surface area contributed by atoms with Crippen LogP contribution >= 0.6 is 11.8 Å². The number of hydrogen-bond acceptors (Lipinski definition) is 5. The topological polar surface area (TPSA) is 60.0 Å². The maximum absolute atomic E-state index is 5.59. The first-order valence-corrected chi connectivity index (χ1v) is 9.03. The lowest BCUT2D eigenvalue weighted by Gasteiger charge is -2.13. The zero-order valence-electron chi connectivity index (χ0n) is 14.3. The number of H-pyrrole nitrogens is 1. The molecule has 25 heavy (non-hydrogen) atoms. The number of nitrogens with one attached hydrogen (secondary N) is 1. The molecule has 1 heterocycles. The normalized spacial score (nSPS) is 12.1. The highest BCUT2D eigenvalue weighted by Gasteiger charge is 2.12. The van der Waals surface area contributed by atoms with E-state index in [9.17, 15) is 0 Å². The van der Waals surface area contributed by atoms with Crippen molar-refractivity contribution in [2.24, 2.45) is 0 Å². The van der Waals surface area contributed by atoms with Crippen molar-refractivity contribution in [2.75, 3.05) is 20.0 Å². The van der Waals surface area contributed by atoms with Gasteiger partial charge in [-0.2, -0.15) is 0 Å². The Kier molecular flexibility index (Phi) is 6.09. The van der Waals surface area contributed by atoms with Crippen LogP contribution in [0.15, 0.2) is 59.8 Å². The lowest BCUT2D eigenvalue weighted by molar-refractivity contribution is 0.122. The zero-order valence-corrected chi connectivity index (χ0v) is 15.1. The van der Waals surface area contributed by atoms with E-state index in [1.165, 1.54) is 5.56 Å². The molecule has 0 amide bonds. The summed E-state index contributed by atoms with van der Waals surface area (Å²) in [6, 6.07) is 18.1. The Morgan fingerprint density at radius 1 is 1.04 bits per heavy atom. The molecule has 0 fully saturated rings. The lowest BCUT2D eigenvalue weighted by atomic mass is 10.1. The van der Waals surface area contributed by atoms with Gasteiger partial charge in [-0.1, -0.05) is 42.1 Å². The number of rotatable bonds is 8. The molecule has 3 aromatic rings. The number of aromatic amines is 1. The summed E-state index contributed by atoms with van der Waals surface area (Å²) in [5.41, 5.74) is 2.25. The Morgan fingerprint density at radius 3 is 2.48 bits per heavy atom. The highest BCUT2D eigenvalue weighted by atomic mass is 32.2. The third kappa shape index (κ3) is 4.84. The maximum atomic E-state index is 5.59. The van der Waals surface area contributed by atoms with Gasteiger partial charge in [0, 0.05) is 18.4 Å². The Balaban J connectivity index is 1.58. The second kappa shape index (κ2) is 8.69. The van der Waals surface area contributed by atoms with Crippen LogP contribution in [-0.4, -0.2) is 41.3 Å². The fraction of sp³-hybridized carbons (Fsp3) is 0.263. The average molecular weight is 355 g/mol. The highest BCUT2D eigenvalue weighted by molar-refractivity contribution is 7.99. The van der Waals surface area contributed by atoms with Crippen LogP contribution in [0.25, 0.3) is 11.4 Å². The van der Waals surface area contributed by atoms with Crippen molar-refractivity contribution in [3.05, 3.63) is 60.2 Å². The van der Waals surface area contributed by atoms with Gasteiger partial charge in [0.2, 0.25) is 5.16 Å². The minimum Gasteiger partial charge on any atom is -0.497 e. The molecular formula is C19H21N3O2S. The van der Waals surface area contributed by atoms with Crippen molar-refractivity contribution >= 4 is 11.8 Å². The number of thioether (sulfide) groups is 1. The van der Waals surface area contributed by atoms with Gasteiger partial charge in [-0.3, -0.25) is 5.10 Å². The van der Waals surface area contributed by atoms with Crippen LogP contribution in [0.2, 0.25) is 0 Å². The molecule has 0 saturated carbocycles. The summed E-state index contributed by atoms with van der Waals surface area (Å²) >= 11 is 1.59. The van der Waals surface area contributed by atoms with E-state index in [0.29, 0.717) is 0 Å². The van der Waals surface area contributed by atoms with E-state index in [2.05, 4.69) is 27.3 Å². The van der Waals surface area contributed by atoms with Gasteiger partial charge >= 0.3 is 0 Å². The molecule has 0 aliphatic carbocycles. The highest BCUT2D eigenvalue weighted by Crippen LogP contribution is 2.22. The van der Waals surface area contributed by atoms with Crippen LogP contribution in [-0.2, 0) is 11.2 Å². The van der Waals surface area contributed by atoms with Crippen LogP contribution in [0.3, 0.4) is 0 Å². The van der Waals surface area contributed by atoms with Crippen molar-refractivity contribution in [3.8, 4) is 17.1 Å². The smallest absolute Gasteiger partial charge is 0.208 e. The summed E-state index contributed by atoms with van der Waals surface area (Å²) in [7, 11) is 3.40. The van der Waals surface area contributed by atoms with E-state index in [0.717, 1.165) is 34.5 Å². The molecule has 0 radical (unpaired) electrons. The molecule has 1 unspecified atom stereocenters. The number of aromatic nitrogens is 3. The van der Waals surface area contributed by atoms with Crippen LogP contribution in [0.4, 0.5) is 0 Å². The van der Waals surface area contributed by atoms with Gasteiger partial charge in [0.05, 0.1) is 13.2 Å². The Hall–Kier alpha value is -2.31. The van der Waals surface area contributed by atoms with E-state index < -0.39 is 0 Å². The van der Waals surface area contributed by atoms with Crippen LogP contribution < -0.4 is 4.74 Å². The Labute approximate surface area is 151 Å². The van der Waals surface area contributed by atoms with E-state index >= 15 is 0 Å². The first-order chi connectivity index (χ1) is 12.3. The molecule has 0 aliphatic rings. The fourth-order valence-corrected chi connectivity index (χ4v) is 3.30. The summed E-state index contributed by atoms with van der Waals surface area (Å²) in [6.07, 6.45) is 0.996. The predicted octanol–water partition coefficient (Wildman–Crippen LogP) is 3.83. The third-order valence-corrected chi connectivity index (χ3v) is 4.85. The van der Waals surface area contributed by atoms with Gasteiger partial charge in [-0.25, -0.2) is 4.98 Å². The molecule has 0 spiro atoms. The van der Waals surface area contributed by atoms with Crippen LogP contribution in [0, 0.1) is 0 Å². The molecule has 130 valence electrons. The molecule has 0 saturated heterocycles. The lowest BCUT2D eigenvalue weighted by Crippen LogP contribution is -2.17. The van der Waals surface area contributed by atoms with E-state index in [4.69, 9.17) is 9.47 Å². The minimum absolute atomic E-state index is 0.121. The van der Waals surface area contributed by atoms with Crippen molar-refractivity contribution in [2.45, 2.75) is 17.7 Å². The van der Waals surface area contributed by atoms with Gasteiger partial charge in [-0.15, -0.1) is 5.10 Å². The van der Waals surface area contributed by atoms with Crippen molar-refractivity contribution in [1.82, 2.24) is 15.2 Å². The SMILES string of the molecule is COc1ccc(-c2nc(SCC(Cc3ccccc3)OC)n[nH]2)cc1. The van der Waals surface area contributed by atoms with Gasteiger partial charge < -0.3 is 9.47 Å². The van der Waals surface area contributed by atoms with Gasteiger partial charge in [0.1, 0.15) is 5.75 Å². The molecule has 1 atom stereocenters. The Bertz CT molecular complexity index is 775. The van der Waals surface area contributed by atoms with Gasteiger partial charge in [-0.05, 0) is 36.2 Å². The molecule has 2 aromatic carbocycles. The van der Waals surface area contributed by atoms with Crippen LogP contribution in [0.5, 0.6) is 5.75 Å². The first kappa shape index (κ1) is 17.5. The molecule has 0 bridgehead atoms. The number of benzene rings is 2. The summed E-state index contributed by atoms with van der Waals surface area (Å²) in [4.78, 5) is 4.55. The van der Waals surface area contributed by atoms with E-state index in [1.54, 1.807) is 26.0 Å². The number of hydrogen-bond donors (Lipinski definition) is 1. The van der Waals surface area contributed by atoms with Crippen LogP contribution in [0.1, 0.15) is 5.56 Å². The second-order valence-corrected chi connectivity index (χ2v) is 6.54. The van der Waals surface area contributed by atoms with Gasteiger partial charge in [0.25, 0.3) is 0 Å². The summed E-state index contributed by atoms with van der Waals surface area (Å²) in [5.74, 6) is 2.37. The number of ether oxygens (including phenoxy) is 2. The molecule has 3 rings (SSSR count). The molecule has 5 nitrogen and oxygen atoms in total. The third-order valence-electron chi connectivity index (χ3n) is 3.87. The predicted molar refractivity (Wildman–Crippen MR) is 100 cm³/mol. The summed E-state index contributed by atoms with van der Waals surface area (Å²) in [5, 5.41) is 8.00. The maximum Gasteiger partial charge on any atom is 0.208 e. The van der Waals surface area contributed by atoms with E-state index in [-0.39, 0.29) is 6.10 Å². The molecule has 0 aliphatic heterocycles. The average Bonchev–Trinajstić information content (AvgIpc) is 3.15. The molecule has 6 heteroatoms. The van der Waals surface area contributed by atoms with E-state index in [1.807, 2.05) is 42.5 Å². The second-order valence-electron chi connectivity index (χ2n) is 5.55. The molecule has 1 N–H and O–H groups in total. The quantitative estimate of drug-likeness (QED) is 0.622. The molecule has 1 aromatic heterocycles. The van der Waals surface area contributed by atoms with Crippen molar-refractivity contribution in [1.29, 1.82) is 0 Å². The fourth-order valence-electron chi connectivity index (χ4n) is 2.44. The summed E-state index contributed by atoms with van der Waals surface area (Å²) < 4.78 is 10.8. The number of nitrogens with zero attached hydrogens (tertiary/aromatic N) is 2. The largest absolute Gasteiger partial charge is 0.497 e. The molecular weight excluding hydrogens is 334 g/mol. The van der Waals surface area contributed by atoms with Gasteiger partial charge in [0.15, 0.2) is 5.82 Å². The standard InChI is InChI=1S/C19H21N3O2S/c1-23-16-10-8-15(9-11-16)18-20-19(22-21-18)25-13-17(24-2)12-14-6-4-3-5-7-14/h3-11,17H,12-13H2,1-2H3,(H,20,21,22). The number of methoxy groups -OCH3 is 2. The minimum atomic E-state index is 0.121. The monoisotopic (exact) mass is 355 g/mol. The zero-order chi connectivity index (χ0) is 17.5. The first-order valence-electron chi connectivity index (χ1n) is 8.05. The Morgan fingerprint density at radius 2 is 1.80 bits per heavy atom.